The van der Waals surface area contributed by atoms with Crippen LogP contribution in [0.15, 0.2) is 133 Å². The number of nitrogens with zero attached hydrogens (tertiary/aromatic N) is 7. The molecule has 3 fully saturated rings. The van der Waals surface area contributed by atoms with Crippen molar-refractivity contribution in [1.29, 1.82) is 0 Å². The summed E-state index contributed by atoms with van der Waals surface area (Å²) in [6.07, 6.45) is -4.51. The predicted octanol–water partition coefficient (Wildman–Crippen LogP) is 13.0. The van der Waals surface area contributed by atoms with Gasteiger partial charge in [-0.05, 0) is 142 Å². The Morgan fingerprint density at radius 3 is 2.04 bits per heavy atom. The van der Waals surface area contributed by atoms with Crippen LogP contribution in [0.5, 0.6) is 0 Å². The van der Waals surface area contributed by atoms with Crippen LogP contribution in [0.3, 0.4) is 0 Å². The average Bonchev–Trinajstić information content (AvgIpc) is 1.55. The molecule has 0 radical (unpaired) electrons. The molecule has 2 N–H and O–H groups in total. The zero-order valence-corrected chi connectivity index (χ0v) is 55.1. The number of likely N-dealkylation sites (tertiary alicyclic amines) is 2. The van der Waals surface area contributed by atoms with E-state index in [0.29, 0.717) is 119 Å². The highest BCUT2D eigenvalue weighted by atomic mass is 32.1. The number of benzene rings is 5. The van der Waals surface area contributed by atoms with E-state index in [0.717, 1.165) is 71.1 Å². The molecule has 1 spiro atoms. The fourth-order valence-electron chi connectivity index (χ4n) is 13.9. The molecule has 1 aliphatic carbocycles. The number of hydrogen-bond acceptors (Lipinski definition) is 11. The van der Waals surface area contributed by atoms with Crippen LogP contribution in [0.1, 0.15) is 112 Å². The molecule has 4 heterocycles. The third kappa shape index (κ3) is 17.1. The summed E-state index contributed by atoms with van der Waals surface area (Å²) in [6.45, 7) is 5.14. The highest BCUT2D eigenvalue weighted by molar-refractivity contribution is 7.17. The van der Waals surface area contributed by atoms with Crippen LogP contribution in [0.4, 0.5) is 46.2 Å². The highest BCUT2D eigenvalue weighted by Gasteiger charge is 2.50. The monoisotopic (exact) mass is 1350 g/mol. The van der Waals surface area contributed by atoms with Gasteiger partial charge < -0.3 is 49.3 Å². The number of carboxylic acid groups (broad SMARTS) is 1. The van der Waals surface area contributed by atoms with Crippen molar-refractivity contribution in [2.24, 2.45) is 0 Å². The van der Waals surface area contributed by atoms with E-state index in [1.54, 1.807) is 34.9 Å². The van der Waals surface area contributed by atoms with E-state index in [4.69, 9.17) is 9.47 Å². The Bertz CT molecular complexity index is 3620. The third-order valence-electron chi connectivity index (χ3n) is 19.5. The Kier molecular flexibility index (Phi) is 23.0. The summed E-state index contributed by atoms with van der Waals surface area (Å²) >= 11 is 1.38. The van der Waals surface area contributed by atoms with Crippen molar-refractivity contribution < 1.29 is 69.3 Å². The fraction of sp³-hybridized carbons (Fsp3) is 0.458. The van der Waals surface area contributed by atoms with Crippen molar-refractivity contribution in [1.82, 2.24) is 29.4 Å². The van der Waals surface area contributed by atoms with Crippen LogP contribution < -0.4 is 10.2 Å². The topological polar surface area (TPSA) is 159 Å². The summed E-state index contributed by atoms with van der Waals surface area (Å²) in [4.78, 5) is 79.4. The summed E-state index contributed by atoms with van der Waals surface area (Å²) in [5, 5.41) is 14.7. The lowest BCUT2D eigenvalue weighted by molar-refractivity contribution is -0.143. The first kappa shape index (κ1) is 70.9. The lowest BCUT2D eigenvalue weighted by Crippen LogP contribution is -2.50. The summed E-state index contributed by atoms with van der Waals surface area (Å²) in [5.74, 6) is -1.83. The lowest BCUT2D eigenvalue weighted by Gasteiger charge is -2.44. The number of likely N-dealkylation sites (N-methyl/N-ethyl adjacent to an activating group) is 2. The molecule has 24 heteroatoms. The van der Waals surface area contributed by atoms with Crippen LogP contribution in [0, 0.1) is 5.82 Å². The first-order valence-corrected chi connectivity index (χ1v) is 33.6. The normalized spacial score (nSPS) is 18.3. The molecule has 96 heavy (non-hydrogen) atoms. The second-order valence-corrected chi connectivity index (χ2v) is 26.8. The van der Waals surface area contributed by atoms with Crippen LogP contribution in [-0.4, -0.2) is 183 Å². The maximum absolute atomic E-state index is 14.2. The standard InChI is InChI=1S/C72H83F7N8O8S/c1-81(34-14-35-83(3)67(91)61-26-27-63(96-61)80-33-13-5-8-21-64(88)82(2)41-42-84-36-28-57(29-37-84)87(68(92)93)60-20-12-10-18-58(60)50-15-6-4-7-16-50)65(89)47-94-62-45-51-17-9-11-19-59(51)69(62)30-38-85(39-31-69)40-32-70(53-22-24-56(73)25-23-53)48-86(49-95-70)66(90)52-43-54(71(74,75)76)46-55(44-52)72(77,78)79/h4,6-7,9-12,15-20,22-27,43-44,46,57,62,80H,5,8,13-14,21,28-42,45,47-49H2,1-3H3,(H,92,93)/t62-,70+/m0/s1. The number of rotatable bonds is 26. The molecule has 5 amide bonds. The van der Waals surface area contributed by atoms with E-state index in [2.05, 4.69) is 27.2 Å². The van der Waals surface area contributed by atoms with Gasteiger partial charge in [-0.25, -0.2) is 9.18 Å². The molecule has 3 saturated heterocycles. The fourth-order valence-corrected chi connectivity index (χ4v) is 14.8. The van der Waals surface area contributed by atoms with Crippen molar-refractivity contribution in [3.8, 4) is 11.1 Å². The molecule has 4 aliphatic rings. The van der Waals surface area contributed by atoms with Gasteiger partial charge in [0.15, 0.2) is 0 Å². The lowest BCUT2D eigenvalue weighted by atomic mass is 9.72. The zero-order valence-electron chi connectivity index (χ0n) is 54.3. The van der Waals surface area contributed by atoms with E-state index in [1.165, 1.54) is 40.5 Å². The maximum Gasteiger partial charge on any atom is 0.416 e. The molecule has 1 aromatic heterocycles. The number of alkyl halides is 6. The SMILES string of the molecule is CN(CCN1CCC(N(C(=O)O)c2ccccc2-c2ccccc2)CC1)C(=O)CCCCCNc1ccc(C(=O)N(C)CCCN(C)C(=O)CO[C@H]2Cc3ccccc3C23CCN(CC[C@]2(c4ccc(F)cc4)CN(C(=O)c4cc(C(F)(F)F)cc(C(F)(F)F)c4)CO2)CC3)s1. The molecule has 5 aromatic carbocycles. The van der Waals surface area contributed by atoms with Gasteiger partial charge >= 0.3 is 18.4 Å². The van der Waals surface area contributed by atoms with Gasteiger partial charge in [0, 0.05) is 103 Å². The van der Waals surface area contributed by atoms with Gasteiger partial charge in [0.05, 0.1) is 39.3 Å². The van der Waals surface area contributed by atoms with Gasteiger partial charge in [0.25, 0.3) is 11.8 Å². The molecule has 514 valence electrons. The first-order valence-electron chi connectivity index (χ1n) is 32.8. The highest BCUT2D eigenvalue weighted by Crippen LogP contribution is 2.49. The number of carbonyl (C=O) groups is 5. The molecule has 16 nitrogen and oxygen atoms in total. The van der Waals surface area contributed by atoms with E-state index >= 15 is 0 Å². The maximum atomic E-state index is 14.2. The van der Waals surface area contributed by atoms with Crippen molar-refractivity contribution >= 4 is 51.7 Å². The quantitative estimate of drug-likeness (QED) is 0.0393. The Hall–Kier alpha value is -7.90. The van der Waals surface area contributed by atoms with E-state index in [-0.39, 0.29) is 55.5 Å². The Morgan fingerprint density at radius 1 is 0.698 bits per heavy atom. The molecule has 2 atom stereocenters. The molecule has 0 saturated carbocycles. The number of carbonyl (C=O) groups excluding carboxylic acids is 4. The van der Waals surface area contributed by atoms with Crippen molar-refractivity contribution in [2.45, 2.75) is 106 Å². The Balaban J connectivity index is 0.618. The summed E-state index contributed by atoms with van der Waals surface area (Å²) in [5.41, 5.74) is -0.349. The van der Waals surface area contributed by atoms with Crippen molar-refractivity contribution in [3.05, 3.63) is 178 Å². The second-order valence-electron chi connectivity index (χ2n) is 25.7. The number of nitrogens with one attached hydrogen (secondary N) is 1. The Morgan fingerprint density at radius 2 is 1.34 bits per heavy atom. The van der Waals surface area contributed by atoms with Crippen LogP contribution in [0.25, 0.3) is 11.1 Å². The summed E-state index contributed by atoms with van der Waals surface area (Å²) in [6, 6.07) is 35.4. The van der Waals surface area contributed by atoms with Crippen LogP contribution >= 0.6 is 11.3 Å². The van der Waals surface area contributed by atoms with Crippen LogP contribution in [-0.2, 0) is 48.9 Å². The minimum atomic E-state index is -5.15. The number of para-hydroxylation sites is 1. The van der Waals surface area contributed by atoms with Gasteiger partial charge in [-0.15, -0.1) is 11.3 Å². The molecular weight excluding hydrogens is 1270 g/mol. The van der Waals surface area contributed by atoms with Gasteiger partial charge in [-0.1, -0.05) is 91.3 Å². The molecule has 3 aliphatic heterocycles. The molecular formula is C72H83F7N8O8S. The number of amides is 5. The number of thiophene rings is 1. The van der Waals surface area contributed by atoms with E-state index in [9.17, 15) is 59.8 Å². The summed E-state index contributed by atoms with van der Waals surface area (Å²) in [7, 11) is 5.30. The largest absolute Gasteiger partial charge is 0.465 e. The van der Waals surface area contributed by atoms with E-state index in [1.807, 2.05) is 79.8 Å². The molecule has 0 unspecified atom stereocenters. The minimum absolute atomic E-state index is 0.0293. The minimum Gasteiger partial charge on any atom is -0.465 e. The number of unbranched alkanes of at least 4 members (excludes halogenated alkanes) is 2. The number of fused-ring (bicyclic) bond motifs is 2. The van der Waals surface area contributed by atoms with Gasteiger partial charge in [-0.3, -0.25) is 24.1 Å². The molecule has 6 aromatic rings. The van der Waals surface area contributed by atoms with Gasteiger partial charge in [-0.2, -0.15) is 26.3 Å². The first-order chi connectivity index (χ1) is 45.9. The van der Waals surface area contributed by atoms with Crippen LogP contribution in [0.2, 0.25) is 0 Å². The zero-order chi connectivity index (χ0) is 68.4. The third-order valence-corrected chi connectivity index (χ3v) is 20.5. The molecule has 0 bridgehead atoms. The van der Waals surface area contributed by atoms with E-state index < -0.39 is 64.6 Å². The predicted molar refractivity (Wildman–Crippen MR) is 353 cm³/mol. The Labute approximate surface area is 559 Å². The second kappa shape index (κ2) is 31.1. The summed E-state index contributed by atoms with van der Waals surface area (Å²) < 4.78 is 110. The number of piperidine rings is 2. The number of anilines is 2. The molecule has 10 rings (SSSR count). The number of halogens is 7. The van der Waals surface area contributed by atoms with Crippen molar-refractivity contribution in [2.75, 3.05) is 117 Å². The van der Waals surface area contributed by atoms with Crippen molar-refractivity contribution in [3.63, 3.8) is 0 Å². The van der Waals surface area contributed by atoms with Gasteiger partial charge in [0.1, 0.15) is 24.8 Å². The number of ether oxygens (including phenoxy) is 2. The smallest absolute Gasteiger partial charge is 0.416 e. The average molecular weight is 1350 g/mol. The number of hydrogen-bond donors (Lipinski definition) is 2. The van der Waals surface area contributed by atoms with Gasteiger partial charge in [0.2, 0.25) is 11.8 Å².